The average molecular weight is 257 g/mol. The fourth-order valence-electron chi connectivity index (χ4n) is 1.21. The first kappa shape index (κ1) is 16.2. The van der Waals surface area contributed by atoms with Gasteiger partial charge in [0, 0.05) is 6.61 Å². The van der Waals surface area contributed by atoms with Crippen molar-refractivity contribution in [2.24, 2.45) is 5.73 Å². The van der Waals surface area contributed by atoms with E-state index in [4.69, 9.17) is 15.6 Å². The molecule has 4 nitrogen and oxygen atoms in total. The monoisotopic (exact) mass is 257 g/mol. The van der Waals surface area contributed by atoms with Crippen LogP contribution in [-0.2, 0) is 9.53 Å². The lowest BCUT2D eigenvalue weighted by atomic mass is 9.92. The van der Waals surface area contributed by atoms with E-state index >= 15 is 0 Å². The Kier molecular flexibility index (Phi) is 6.48. The number of halogens is 3. The van der Waals surface area contributed by atoms with E-state index in [0.29, 0.717) is 6.42 Å². The molecule has 0 aliphatic heterocycles. The Hall–Kier alpha value is -0.820. The largest absolute Gasteiger partial charge is 0.480 e. The molecule has 0 radical (unpaired) electrons. The molecule has 0 heterocycles. The average Bonchev–Trinajstić information content (AvgIpc) is 2.21. The molecule has 0 rings (SSSR count). The molecule has 0 aromatic rings. The zero-order valence-corrected chi connectivity index (χ0v) is 9.72. The lowest BCUT2D eigenvalue weighted by molar-refractivity contribution is -0.145. The predicted molar refractivity (Wildman–Crippen MR) is 55.6 cm³/mol. The van der Waals surface area contributed by atoms with Gasteiger partial charge in [-0.25, -0.2) is 0 Å². The molecule has 0 fully saturated rings. The molecule has 7 heteroatoms. The summed E-state index contributed by atoms with van der Waals surface area (Å²) in [7, 11) is 0. The number of carboxylic acid groups (broad SMARTS) is 1. The minimum Gasteiger partial charge on any atom is -0.480 e. The van der Waals surface area contributed by atoms with Crippen molar-refractivity contribution in [3.63, 3.8) is 0 Å². The van der Waals surface area contributed by atoms with Gasteiger partial charge in [0.05, 0.1) is 13.0 Å². The Morgan fingerprint density at radius 3 is 2.29 bits per heavy atom. The van der Waals surface area contributed by atoms with Crippen LogP contribution in [0.2, 0.25) is 0 Å². The second-order valence-electron chi connectivity index (χ2n) is 3.90. The van der Waals surface area contributed by atoms with Crippen molar-refractivity contribution in [1.82, 2.24) is 0 Å². The lowest BCUT2D eigenvalue weighted by Gasteiger charge is -2.22. The maximum Gasteiger partial charge on any atom is 0.391 e. The number of aliphatic carboxylic acids is 1. The molecular formula is C10H18F3NO3. The number of nitrogens with two attached hydrogens (primary N) is 1. The summed E-state index contributed by atoms with van der Waals surface area (Å²) in [5, 5.41) is 8.83. The Morgan fingerprint density at radius 2 is 1.88 bits per heavy atom. The lowest BCUT2D eigenvalue weighted by Crippen LogP contribution is -2.47. The zero-order valence-electron chi connectivity index (χ0n) is 9.72. The van der Waals surface area contributed by atoms with Crippen molar-refractivity contribution in [2.45, 2.75) is 44.3 Å². The number of hydrogen-bond donors (Lipinski definition) is 2. The van der Waals surface area contributed by atoms with Gasteiger partial charge in [0.25, 0.3) is 0 Å². The number of ether oxygens (including phenoxy) is 1. The van der Waals surface area contributed by atoms with Crippen LogP contribution in [0.25, 0.3) is 0 Å². The van der Waals surface area contributed by atoms with E-state index in [1.54, 1.807) is 6.92 Å². The van der Waals surface area contributed by atoms with Crippen LogP contribution in [0, 0.1) is 0 Å². The molecule has 0 bridgehead atoms. The molecule has 0 aromatic heterocycles. The highest BCUT2D eigenvalue weighted by atomic mass is 19.4. The standard InChI is InChI=1S/C10H18F3NO3/c1-2-9(14,8(15)16)4-3-6-17-7-5-10(11,12)13/h2-7,14H2,1H3,(H,15,16). The van der Waals surface area contributed by atoms with E-state index < -0.39 is 30.7 Å². The van der Waals surface area contributed by atoms with E-state index in [1.165, 1.54) is 0 Å². The molecule has 0 aliphatic rings. The van der Waals surface area contributed by atoms with Gasteiger partial charge in [-0.15, -0.1) is 0 Å². The van der Waals surface area contributed by atoms with Crippen LogP contribution < -0.4 is 5.73 Å². The fraction of sp³-hybridized carbons (Fsp3) is 0.900. The van der Waals surface area contributed by atoms with Crippen molar-refractivity contribution in [2.75, 3.05) is 13.2 Å². The molecule has 17 heavy (non-hydrogen) atoms. The SMILES string of the molecule is CCC(N)(CCCOCCC(F)(F)F)C(=O)O. The van der Waals surface area contributed by atoms with Crippen molar-refractivity contribution in [3.05, 3.63) is 0 Å². The Morgan fingerprint density at radius 1 is 1.29 bits per heavy atom. The summed E-state index contributed by atoms with van der Waals surface area (Å²) >= 11 is 0. The van der Waals surface area contributed by atoms with Crippen LogP contribution >= 0.6 is 0 Å². The minimum absolute atomic E-state index is 0.0856. The quantitative estimate of drug-likeness (QED) is 0.652. The predicted octanol–water partition coefficient (Wildman–Crippen LogP) is 1.93. The van der Waals surface area contributed by atoms with E-state index in [2.05, 4.69) is 0 Å². The van der Waals surface area contributed by atoms with Gasteiger partial charge >= 0.3 is 12.1 Å². The van der Waals surface area contributed by atoms with Crippen LogP contribution in [0.1, 0.15) is 32.6 Å². The third kappa shape index (κ3) is 7.17. The van der Waals surface area contributed by atoms with Gasteiger partial charge in [-0.3, -0.25) is 4.79 Å². The van der Waals surface area contributed by atoms with Crippen LogP contribution in [0.4, 0.5) is 13.2 Å². The van der Waals surface area contributed by atoms with Crippen molar-refractivity contribution in [3.8, 4) is 0 Å². The van der Waals surface area contributed by atoms with Crippen molar-refractivity contribution >= 4 is 5.97 Å². The molecule has 0 aliphatic carbocycles. The van der Waals surface area contributed by atoms with Crippen molar-refractivity contribution in [1.29, 1.82) is 0 Å². The summed E-state index contributed by atoms with van der Waals surface area (Å²) in [6, 6.07) is 0. The number of alkyl halides is 3. The second kappa shape index (κ2) is 6.80. The topological polar surface area (TPSA) is 72.5 Å². The van der Waals surface area contributed by atoms with Gasteiger partial charge in [0.2, 0.25) is 0 Å². The minimum atomic E-state index is -4.22. The molecule has 3 N–H and O–H groups in total. The highest BCUT2D eigenvalue weighted by molar-refractivity contribution is 5.78. The van der Waals surface area contributed by atoms with Gasteiger partial charge in [0.1, 0.15) is 5.54 Å². The third-order valence-corrected chi connectivity index (χ3v) is 2.50. The van der Waals surface area contributed by atoms with Gasteiger partial charge < -0.3 is 15.6 Å². The molecule has 0 aromatic carbocycles. The van der Waals surface area contributed by atoms with Gasteiger partial charge in [-0.2, -0.15) is 13.2 Å². The Balaban J connectivity index is 3.67. The normalized spacial score (nSPS) is 15.6. The third-order valence-electron chi connectivity index (χ3n) is 2.50. The molecule has 0 saturated carbocycles. The highest BCUT2D eigenvalue weighted by Gasteiger charge is 2.31. The van der Waals surface area contributed by atoms with Gasteiger partial charge in [0.15, 0.2) is 0 Å². The van der Waals surface area contributed by atoms with E-state index in [0.717, 1.165) is 0 Å². The maximum absolute atomic E-state index is 11.7. The Labute approximate surface area is 97.9 Å². The zero-order chi connectivity index (χ0) is 13.5. The summed E-state index contributed by atoms with van der Waals surface area (Å²) in [5.41, 5.74) is 4.28. The summed E-state index contributed by atoms with van der Waals surface area (Å²) in [6.07, 6.45) is -4.43. The summed E-state index contributed by atoms with van der Waals surface area (Å²) in [6.45, 7) is 1.33. The van der Waals surface area contributed by atoms with Crippen LogP contribution in [0.5, 0.6) is 0 Å². The second-order valence-corrected chi connectivity index (χ2v) is 3.90. The van der Waals surface area contributed by atoms with Crippen LogP contribution in [-0.4, -0.2) is 36.0 Å². The van der Waals surface area contributed by atoms with E-state index in [1.807, 2.05) is 0 Å². The number of carbonyl (C=O) groups is 1. The molecule has 1 unspecified atom stereocenters. The molecule has 102 valence electrons. The summed E-state index contributed by atoms with van der Waals surface area (Å²) < 4.78 is 40.0. The van der Waals surface area contributed by atoms with Gasteiger partial charge in [-0.1, -0.05) is 6.92 Å². The molecular weight excluding hydrogens is 239 g/mol. The van der Waals surface area contributed by atoms with Crippen molar-refractivity contribution < 1.29 is 27.8 Å². The first-order chi connectivity index (χ1) is 7.71. The Bertz CT molecular complexity index is 245. The first-order valence-corrected chi connectivity index (χ1v) is 5.38. The van der Waals surface area contributed by atoms with Crippen LogP contribution in [0.15, 0.2) is 0 Å². The molecule has 0 spiro atoms. The summed E-state index contributed by atoms with van der Waals surface area (Å²) in [4.78, 5) is 10.8. The number of hydrogen-bond acceptors (Lipinski definition) is 3. The molecule has 0 saturated heterocycles. The van der Waals surface area contributed by atoms with Crippen LogP contribution in [0.3, 0.4) is 0 Å². The van der Waals surface area contributed by atoms with Gasteiger partial charge in [-0.05, 0) is 19.3 Å². The number of rotatable bonds is 8. The molecule has 0 amide bonds. The maximum atomic E-state index is 11.7. The van der Waals surface area contributed by atoms with E-state index in [-0.39, 0.29) is 19.4 Å². The smallest absolute Gasteiger partial charge is 0.391 e. The van der Waals surface area contributed by atoms with E-state index in [9.17, 15) is 18.0 Å². The fourth-order valence-corrected chi connectivity index (χ4v) is 1.21. The highest BCUT2D eigenvalue weighted by Crippen LogP contribution is 2.19. The molecule has 1 atom stereocenters. The first-order valence-electron chi connectivity index (χ1n) is 5.38. The number of carboxylic acids is 1. The summed E-state index contributed by atoms with van der Waals surface area (Å²) in [5.74, 6) is -1.10.